The number of nitrogen functional groups attached to an aromatic ring is 1. The second-order valence-electron chi connectivity index (χ2n) is 5.96. The smallest absolute Gasteiger partial charge is 0.198 e. The minimum Gasteiger partial charge on any atom is -0.484 e. The van der Waals surface area contributed by atoms with Crippen LogP contribution in [0.1, 0.15) is 46.0 Å². The van der Waals surface area contributed by atoms with Gasteiger partial charge in [0.05, 0.1) is 6.10 Å². The average molecular weight is 281 g/mol. The van der Waals surface area contributed by atoms with E-state index in [1.165, 1.54) is 43.6 Å². The molecular formula is C14H23N3OS. The Morgan fingerprint density at radius 3 is 2.89 bits per heavy atom. The molecule has 1 saturated carbocycles. The minimum absolute atomic E-state index is 0.141. The van der Waals surface area contributed by atoms with Gasteiger partial charge in [-0.2, -0.15) is 4.37 Å². The normalized spacial score (nSPS) is 26.8. The van der Waals surface area contributed by atoms with Crippen molar-refractivity contribution in [1.82, 2.24) is 4.37 Å². The van der Waals surface area contributed by atoms with E-state index in [4.69, 9.17) is 10.5 Å². The van der Waals surface area contributed by atoms with Gasteiger partial charge in [-0.25, -0.2) is 0 Å². The molecule has 1 saturated heterocycles. The highest BCUT2D eigenvalue weighted by Gasteiger charge is 2.38. The van der Waals surface area contributed by atoms with E-state index in [-0.39, 0.29) is 6.10 Å². The largest absolute Gasteiger partial charge is 0.484 e. The summed E-state index contributed by atoms with van der Waals surface area (Å²) in [6, 6.07) is 0.683. The second kappa shape index (κ2) is 5.19. The van der Waals surface area contributed by atoms with Crippen LogP contribution < -0.4 is 15.4 Å². The van der Waals surface area contributed by atoms with Crippen LogP contribution in [-0.2, 0) is 0 Å². The van der Waals surface area contributed by atoms with Gasteiger partial charge in [0, 0.05) is 12.6 Å². The molecule has 1 aromatic rings. The fourth-order valence-corrected chi connectivity index (χ4v) is 4.31. The van der Waals surface area contributed by atoms with Gasteiger partial charge in [0.1, 0.15) is 0 Å². The Balaban J connectivity index is 1.85. The summed E-state index contributed by atoms with van der Waals surface area (Å²) in [6.45, 7) is 5.20. The molecule has 3 rings (SSSR count). The molecular weight excluding hydrogens is 258 g/mol. The Hall–Kier alpha value is -0.970. The number of ether oxygens (including phenoxy) is 1. The molecule has 0 radical (unpaired) electrons. The number of hydrogen-bond donors (Lipinski definition) is 1. The highest BCUT2D eigenvalue weighted by atomic mass is 32.1. The number of fused-ring (bicyclic) bond motifs is 1. The molecule has 2 fully saturated rings. The summed E-state index contributed by atoms with van der Waals surface area (Å²) in [7, 11) is 0. The van der Waals surface area contributed by atoms with E-state index >= 15 is 0 Å². The van der Waals surface area contributed by atoms with E-state index in [1.54, 1.807) is 0 Å². The van der Waals surface area contributed by atoms with Crippen LogP contribution in [-0.4, -0.2) is 23.1 Å². The van der Waals surface area contributed by atoms with Gasteiger partial charge in [0.15, 0.2) is 16.6 Å². The van der Waals surface area contributed by atoms with Crippen molar-refractivity contribution in [3.63, 3.8) is 0 Å². The van der Waals surface area contributed by atoms with Gasteiger partial charge >= 0.3 is 0 Å². The Kier molecular flexibility index (Phi) is 3.56. The molecule has 19 heavy (non-hydrogen) atoms. The lowest BCUT2D eigenvalue weighted by Gasteiger charge is -2.32. The second-order valence-corrected chi connectivity index (χ2v) is 6.71. The van der Waals surface area contributed by atoms with Crippen molar-refractivity contribution in [2.24, 2.45) is 5.92 Å². The summed E-state index contributed by atoms with van der Waals surface area (Å²) in [5.41, 5.74) is 5.97. The number of rotatable bonds is 3. The Bertz CT molecular complexity index is 446. The van der Waals surface area contributed by atoms with Crippen LogP contribution in [0.5, 0.6) is 5.75 Å². The number of aromatic nitrogens is 1. The van der Waals surface area contributed by atoms with Crippen molar-refractivity contribution >= 4 is 22.4 Å². The zero-order valence-electron chi connectivity index (χ0n) is 11.8. The monoisotopic (exact) mass is 281 g/mol. The van der Waals surface area contributed by atoms with E-state index in [0.29, 0.717) is 11.9 Å². The van der Waals surface area contributed by atoms with Gasteiger partial charge in [0.25, 0.3) is 0 Å². The fraction of sp³-hybridized carbons (Fsp3) is 0.786. The van der Waals surface area contributed by atoms with Crippen LogP contribution in [0.15, 0.2) is 0 Å². The third kappa shape index (κ3) is 2.40. The molecule has 2 aliphatic rings. The fourth-order valence-electron chi connectivity index (χ4n) is 3.47. The lowest BCUT2D eigenvalue weighted by molar-refractivity contribution is 0.244. The van der Waals surface area contributed by atoms with Gasteiger partial charge in [0.2, 0.25) is 0 Å². The molecule has 2 atom stereocenters. The first-order chi connectivity index (χ1) is 9.16. The predicted octanol–water partition coefficient (Wildman–Crippen LogP) is 3.28. The lowest BCUT2D eigenvalue weighted by Crippen LogP contribution is -2.34. The van der Waals surface area contributed by atoms with Gasteiger partial charge in [-0.1, -0.05) is 12.8 Å². The van der Waals surface area contributed by atoms with Gasteiger partial charge in [-0.05, 0) is 50.6 Å². The molecule has 2 unspecified atom stereocenters. The minimum atomic E-state index is 0.141. The Labute approximate surface area is 119 Å². The summed E-state index contributed by atoms with van der Waals surface area (Å²) >= 11 is 1.50. The first-order valence-electron chi connectivity index (χ1n) is 7.35. The SMILES string of the molecule is CC(C)Oc1c(N)nsc1N1CCC2CCCCC21. The van der Waals surface area contributed by atoms with Gasteiger partial charge < -0.3 is 15.4 Å². The third-order valence-corrected chi connectivity index (χ3v) is 5.16. The highest BCUT2D eigenvalue weighted by Crippen LogP contribution is 2.46. The van der Waals surface area contributed by atoms with E-state index in [9.17, 15) is 0 Å². The number of hydrogen-bond acceptors (Lipinski definition) is 5. The van der Waals surface area contributed by atoms with Crippen molar-refractivity contribution in [2.75, 3.05) is 17.2 Å². The average Bonchev–Trinajstić information content (AvgIpc) is 2.94. The molecule has 1 aliphatic carbocycles. The molecule has 0 bridgehead atoms. The van der Waals surface area contributed by atoms with Crippen molar-refractivity contribution < 1.29 is 4.74 Å². The van der Waals surface area contributed by atoms with E-state index in [1.807, 2.05) is 13.8 Å². The van der Waals surface area contributed by atoms with Crippen LogP contribution in [0.25, 0.3) is 0 Å². The van der Waals surface area contributed by atoms with Crippen molar-refractivity contribution in [3.05, 3.63) is 0 Å². The summed E-state index contributed by atoms with van der Waals surface area (Å²) in [4.78, 5) is 2.51. The van der Waals surface area contributed by atoms with Crippen molar-refractivity contribution in [2.45, 2.75) is 58.1 Å². The van der Waals surface area contributed by atoms with E-state index in [0.717, 1.165) is 23.2 Å². The number of nitrogens with zero attached hydrogens (tertiary/aromatic N) is 2. The maximum atomic E-state index is 5.97. The zero-order valence-corrected chi connectivity index (χ0v) is 12.6. The van der Waals surface area contributed by atoms with Crippen LogP contribution >= 0.6 is 11.5 Å². The summed E-state index contributed by atoms with van der Waals surface area (Å²) < 4.78 is 10.2. The standard InChI is InChI=1S/C14H23N3OS/c1-9(2)18-12-13(15)16-19-14(12)17-8-7-10-5-3-4-6-11(10)17/h9-11H,3-8H2,1-2H3,(H2,15,16). The van der Waals surface area contributed by atoms with Gasteiger partial charge in [-0.3, -0.25) is 0 Å². The Morgan fingerprint density at radius 1 is 1.32 bits per heavy atom. The summed E-state index contributed by atoms with van der Waals surface area (Å²) in [5, 5.41) is 1.15. The molecule has 5 heteroatoms. The number of nitrogens with two attached hydrogens (primary N) is 1. The van der Waals surface area contributed by atoms with Gasteiger partial charge in [-0.15, -0.1) is 0 Å². The topological polar surface area (TPSA) is 51.4 Å². The summed E-state index contributed by atoms with van der Waals surface area (Å²) in [5.74, 6) is 2.23. The predicted molar refractivity (Wildman–Crippen MR) is 80.0 cm³/mol. The van der Waals surface area contributed by atoms with E-state index < -0.39 is 0 Å². The first-order valence-corrected chi connectivity index (χ1v) is 8.12. The van der Waals surface area contributed by atoms with Crippen molar-refractivity contribution in [1.29, 1.82) is 0 Å². The van der Waals surface area contributed by atoms with E-state index in [2.05, 4.69) is 9.27 Å². The molecule has 1 aromatic heterocycles. The van der Waals surface area contributed by atoms with Crippen LogP contribution in [0.4, 0.5) is 10.8 Å². The molecule has 106 valence electrons. The summed E-state index contributed by atoms with van der Waals surface area (Å²) in [6.07, 6.45) is 6.90. The molecule has 2 heterocycles. The van der Waals surface area contributed by atoms with Crippen molar-refractivity contribution in [3.8, 4) is 5.75 Å². The maximum absolute atomic E-state index is 5.97. The number of anilines is 2. The molecule has 0 amide bonds. The van der Waals surface area contributed by atoms with Crippen LogP contribution in [0, 0.1) is 5.92 Å². The highest BCUT2D eigenvalue weighted by molar-refractivity contribution is 7.11. The molecule has 1 aliphatic heterocycles. The molecule has 0 spiro atoms. The third-order valence-electron chi connectivity index (χ3n) is 4.28. The Morgan fingerprint density at radius 2 is 2.11 bits per heavy atom. The quantitative estimate of drug-likeness (QED) is 0.923. The maximum Gasteiger partial charge on any atom is 0.198 e. The lowest BCUT2D eigenvalue weighted by atomic mass is 9.85. The first kappa shape index (κ1) is 13.0. The van der Waals surface area contributed by atoms with Crippen LogP contribution in [0.3, 0.4) is 0 Å². The molecule has 2 N–H and O–H groups in total. The zero-order chi connectivity index (χ0) is 13.4. The van der Waals surface area contributed by atoms with Crippen LogP contribution in [0.2, 0.25) is 0 Å². The molecule has 0 aromatic carbocycles. The molecule has 4 nitrogen and oxygen atoms in total.